The van der Waals surface area contributed by atoms with Gasteiger partial charge in [-0.05, 0) is 79.3 Å². The zero-order chi connectivity index (χ0) is 23.6. The smallest absolute Gasteiger partial charge is 0.180 e. The van der Waals surface area contributed by atoms with Crippen LogP contribution in [0.3, 0.4) is 0 Å². The minimum absolute atomic E-state index is 0.329. The first-order valence-electron chi connectivity index (χ1n) is 12.8. The maximum absolute atomic E-state index is 10.3. The molecule has 5 nitrogen and oxygen atoms in total. The molecule has 0 saturated heterocycles. The van der Waals surface area contributed by atoms with Gasteiger partial charge in [-0.25, -0.2) is 4.98 Å². The second kappa shape index (κ2) is 10.3. The summed E-state index contributed by atoms with van der Waals surface area (Å²) in [4.78, 5) is 4.07. The van der Waals surface area contributed by atoms with E-state index < -0.39 is 18.3 Å². The van der Waals surface area contributed by atoms with Crippen LogP contribution in [0.15, 0.2) is 52.5 Å². The molecule has 1 heterocycles. The number of aliphatic hydroxyl groups is 3. The van der Waals surface area contributed by atoms with E-state index in [1.807, 2.05) is 0 Å². The fourth-order valence-electron chi connectivity index (χ4n) is 7.05. The first-order valence-corrected chi connectivity index (χ1v) is 12.8. The summed E-state index contributed by atoms with van der Waals surface area (Å²) in [5, 5.41) is 30.5. The van der Waals surface area contributed by atoms with Crippen LogP contribution in [-0.2, 0) is 0 Å². The van der Waals surface area contributed by atoms with Gasteiger partial charge < -0.3 is 19.7 Å². The predicted octanol–water partition coefficient (Wildman–Crippen LogP) is 5.66. The highest BCUT2D eigenvalue weighted by molar-refractivity contribution is 5.38. The van der Waals surface area contributed by atoms with Crippen molar-refractivity contribution in [2.75, 3.05) is 0 Å². The van der Waals surface area contributed by atoms with E-state index in [-0.39, 0.29) is 0 Å². The molecule has 0 aliphatic heterocycles. The van der Waals surface area contributed by atoms with E-state index in [9.17, 15) is 15.3 Å². The summed E-state index contributed by atoms with van der Waals surface area (Å²) in [7, 11) is 0. The molecule has 0 unspecified atom stereocenters. The number of hydrogen-bond donors (Lipinski definition) is 3. The first-order chi connectivity index (χ1) is 15.8. The Bertz CT molecular complexity index is 872. The van der Waals surface area contributed by atoms with Crippen LogP contribution in [0.2, 0.25) is 0 Å². The second-order valence-corrected chi connectivity index (χ2v) is 11.0. The molecule has 4 rings (SSSR count). The second-order valence-electron chi connectivity index (χ2n) is 11.0. The number of nitrogens with zero attached hydrogens (tertiary/aromatic N) is 1. The number of rotatable bonds is 7. The van der Waals surface area contributed by atoms with Crippen molar-refractivity contribution >= 4 is 0 Å². The van der Waals surface area contributed by atoms with Crippen molar-refractivity contribution in [2.45, 2.75) is 96.4 Å². The Morgan fingerprint density at radius 1 is 1.27 bits per heavy atom. The fourth-order valence-corrected chi connectivity index (χ4v) is 7.05. The van der Waals surface area contributed by atoms with Crippen LogP contribution in [0.4, 0.5) is 0 Å². The van der Waals surface area contributed by atoms with Crippen LogP contribution < -0.4 is 0 Å². The van der Waals surface area contributed by atoms with Gasteiger partial charge in [0.25, 0.3) is 0 Å². The number of aromatic nitrogens is 1. The Labute approximate surface area is 198 Å². The van der Waals surface area contributed by atoms with Gasteiger partial charge in [-0.3, -0.25) is 0 Å². The van der Waals surface area contributed by atoms with Crippen LogP contribution in [-0.4, -0.2) is 32.5 Å². The van der Waals surface area contributed by atoms with E-state index >= 15 is 0 Å². The monoisotopic (exact) mass is 455 g/mol. The molecular formula is C28H41NO4. The molecule has 0 bridgehead atoms. The van der Waals surface area contributed by atoms with Crippen LogP contribution in [0.1, 0.15) is 89.9 Å². The summed E-state index contributed by atoms with van der Waals surface area (Å²) in [6, 6.07) is 0. The standard InChI is InChI=1S/C28H41NO4/c1-18(6-4-8-26(31)25-16-33-17-29-25)23-11-12-24-20(7-5-13-28(23,24)3)9-10-21-14-22(30)15-27(32)19(21)2/h9-10,16-18,22-24,26-27,30-32H,2,4-8,11-15H2,1,3H3/b20-9+,21-10-/t18-,22+,23+,24-,26+,27-,28+/m0/s1. The van der Waals surface area contributed by atoms with E-state index in [2.05, 4.69) is 37.6 Å². The maximum atomic E-state index is 10.3. The van der Waals surface area contributed by atoms with Gasteiger partial charge in [-0.1, -0.05) is 51.0 Å². The third kappa shape index (κ3) is 5.21. The number of allylic oxidation sites excluding steroid dienone is 3. The molecule has 3 N–H and O–H groups in total. The molecular weight excluding hydrogens is 414 g/mol. The van der Waals surface area contributed by atoms with Crippen LogP contribution in [0, 0.1) is 23.2 Å². The quantitative estimate of drug-likeness (QED) is 0.494. The summed E-state index contributed by atoms with van der Waals surface area (Å²) in [6.07, 6.45) is 15.7. The third-order valence-electron chi connectivity index (χ3n) is 8.92. The Morgan fingerprint density at radius 2 is 2.09 bits per heavy atom. The van der Waals surface area contributed by atoms with Gasteiger partial charge >= 0.3 is 0 Å². The molecule has 182 valence electrons. The van der Waals surface area contributed by atoms with Gasteiger partial charge in [0.15, 0.2) is 6.39 Å². The van der Waals surface area contributed by atoms with E-state index in [4.69, 9.17) is 4.42 Å². The summed E-state index contributed by atoms with van der Waals surface area (Å²) >= 11 is 0. The van der Waals surface area contributed by atoms with Crippen molar-refractivity contribution in [1.29, 1.82) is 0 Å². The molecule has 5 heteroatoms. The Hall–Kier alpha value is -1.69. The van der Waals surface area contributed by atoms with Gasteiger partial charge in [0.05, 0.1) is 18.3 Å². The molecule has 0 amide bonds. The van der Waals surface area contributed by atoms with Gasteiger partial charge in [-0.2, -0.15) is 0 Å². The van der Waals surface area contributed by atoms with Gasteiger partial charge in [0.2, 0.25) is 0 Å². The Kier molecular flexibility index (Phi) is 7.62. The van der Waals surface area contributed by atoms with Crippen molar-refractivity contribution in [1.82, 2.24) is 4.98 Å². The Balaban J connectivity index is 1.39. The molecule has 33 heavy (non-hydrogen) atoms. The largest absolute Gasteiger partial charge is 0.451 e. The average Bonchev–Trinajstić information content (AvgIpc) is 3.43. The van der Waals surface area contributed by atoms with Crippen molar-refractivity contribution in [2.24, 2.45) is 23.2 Å². The first kappa shape index (κ1) is 24.4. The zero-order valence-corrected chi connectivity index (χ0v) is 20.2. The summed E-state index contributed by atoms with van der Waals surface area (Å²) in [5.74, 6) is 1.95. The van der Waals surface area contributed by atoms with Crippen molar-refractivity contribution < 1.29 is 19.7 Å². The topological polar surface area (TPSA) is 86.7 Å². The minimum Gasteiger partial charge on any atom is -0.451 e. The highest BCUT2D eigenvalue weighted by Gasteiger charge is 2.50. The molecule has 0 radical (unpaired) electrons. The lowest BCUT2D eigenvalue weighted by Crippen LogP contribution is -2.36. The SMILES string of the molecule is C=C1/C(=C\C=C2/CCC[C@]3(C)[C@@H]([C@@H](C)CCC[C@@H](O)c4cocn4)CC[C@@H]23)C[C@@H](O)C[C@@H]1O. The molecule has 3 fully saturated rings. The van der Waals surface area contributed by atoms with E-state index in [1.165, 1.54) is 43.9 Å². The highest BCUT2D eigenvalue weighted by atomic mass is 16.3. The van der Waals surface area contributed by atoms with Crippen LogP contribution in [0.25, 0.3) is 0 Å². The number of fused-ring (bicyclic) bond motifs is 1. The minimum atomic E-state index is -0.630. The highest BCUT2D eigenvalue weighted by Crippen LogP contribution is 2.60. The number of aliphatic hydroxyl groups excluding tert-OH is 3. The van der Waals surface area contributed by atoms with Crippen LogP contribution >= 0.6 is 0 Å². The van der Waals surface area contributed by atoms with E-state index in [1.54, 1.807) is 0 Å². The number of hydrogen-bond acceptors (Lipinski definition) is 5. The lowest BCUT2D eigenvalue weighted by Gasteiger charge is -2.44. The summed E-state index contributed by atoms with van der Waals surface area (Å²) < 4.78 is 4.99. The number of oxazole rings is 1. The van der Waals surface area contributed by atoms with Crippen molar-refractivity contribution in [3.8, 4) is 0 Å². The predicted molar refractivity (Wildman–Crippen MR) is 129 cm³/mol. The molecule has 0 aromatic carbocycles. The molecule has 3 saturated carbocycles. The molecule has 0 spiro atoms. The normalized spacial score (nSPS) is 36.8. The zero-order valence-electron chi connectivity index (χ0n) is 20.2. The molecule has 1 aromatic rings. The molecule has 1 aromatic heterocycles. The van der Waals surface area contributed by atoms with Gasteiger partial charge in [-0.15, -0.1) is 0 Å². The Morgan fingerprint density at radius 3 is 2.85 bits per heavy atom. The van der Waals surface area contributed by atoms with Gasteiger partial charge in [0, 0.05) is 6.42 Å². The molecule has 3 aliphatic carbocycles. The van der Waals surface area contributed by atoms with E-state index in [0.717, 1.165) is 36.8 Å². The van der Waals surface area contributed by atoms with Crippen molar-refractivity contribution in [3.63, 3.8) is 0 Å². The van der Waals surface area contributed by atoms with E-state index in [0.29, 0.717) is 41.7 Å². The summed E-state index contributed by atoms with van der Waals surface area (Å²) in [6.45, 7) is 8.96. The van der Waals surface area contributed by atoms with Gasteiger partial charge in [0.1, 0.15) is 12.0 Å². The fraction of sp³-hybridized carbons (Fsp3) is 0.679. The molecule has 7 atom stereocenters. The maximum Gasteiger partial charge on any atom is 0.180 e. The molecule has 3 aliphatic rings. The summed E-state index contributed by atoms with van der Waals surface area (Å²) in [5.41, 5.74) is 4.26. The lowest BCUT2D eigenvalue weighted by molar-refractivity contribution is 0.0860. The average molecular weight is 456 g/mol. The lowest BCUT2D eigenvalue weighted by atomic mass is 9.60. The van der Waals surface area contributed by atoms with Crippen molar-refractivity contribution in [3.05, 3.63) is 53.8 Å². The third-order valence-corrected chi connectivity index (χ3v) is 8.92. The van der Waals surface area contributed by atoms with Crippen LogP contribution in [0.5, 0.6) is 0 Å².